The third kappa shape index (κ3) is 4.06. The molecule has 1 atom stereocenters. The van der Waals surface area contributed by atoms with Crippen LogP contribution in [0.25, 0.3) is 10.8 Å². The zero-order valence-corrected chi connectivity index (χ0v) is 12.7. The summed E-state index contributed by atoms with van der Waals surface area (Å²) in [5.74, 6) is 0. The molecule has 2 aromatic carbocycles. The van der Waals surface area contributed by atoms with E-state index in [0.717, 1.165) is 19.6 Å². The second-order valence-corrected chi connectivity index (χ2v) is 5.50. The Kier molecular flexibility index (Phi) is 5.57. The van der Waals surface area contributed by atoms with Crippen molar-refractivity contribution in [1.29, 1.82) is 0 Å². The largest absolute Gasteiger partial charge is 0.377 e. The van der Waals surface area contributed by atoms with Crippen molar-refractivity contribution in [3.05, 3.63) is 48.0 Å². The first kappa shape index (κ1) is 15.0. The molecule has 0 bridgehead atoms. The second kappa shape index (κ2) is 7.41. The molecule has 0 spiro atoms. The molecule has 0 aromatic heterocycles. The lowest BCUT2D eigenvalue weighted by molar-refractivity contribution is 0.0611. The van der Waals surface area contributed by atoms with Crippen molar-refractivity contribution in [3.63, 3.8) is 0 Å². The van der Waals surface area contributed by atoms with Crippen LogP contribution in [0.2, 0.25) is 0 Å². The Balaban J connectivity index is 2.19. The van der Waals surface area contributed by atoms with Crippen LogP contribution in [-0.4, -0.2) is 19.3 Å². The molecule has 0 aliphatic rings. The summed E-state index contributed by atoms with van der Waals surface area (Å²) in [7, 11) is 0. The zero-order valence-electron chi connectivity index (χ0n) is 12.7. The predicted molar refractivity (Wildman–Crippen MR) is 86.1 cm³/mol. The summed E-state index contributed by atoms with van der Waals surface area (Å²) >= 11 is 0. The van der Waals surface area contributed by atoms with Crippen LogP contribution in [0.15, 0.2) is 42.5 Å². The summed E-state index contributed by atoms with van der Waals surface area (Å²) in [5, 5.41) is 6.16. The highest BCUT2D eigenvalue weighted by Crippen LogP contribution is 2.21. The van der Waals surface area contributed by atoms with Gasteiger partial charge in [0.25, 0.3) is 0 Å². The van der Waals surface area contributed by atoms with Gasteiger partial charge in [-0.15, -0.1) is 0 Å². The van der Waals surface area contributed by atoms with Crippen LogP contribution in [-0.2, 0) is 4.74 Å². The van der Waals surface area contributed by atoms with Gasteiger partial charge in [0.05, 0.1) is 18.8 Å². The maximum atomic E-state index is 5.81. The van der Waals surface area contributed by atoms with Gasteiger partial charge in [-0.1, -0.05) is 43.3 Å². The van der Waals surface area contributed by atoms with E-state index in [-0.39, 0.29) is 12.1 Å². The lowest BCUT2D eigenvalue weighted by atomic mass is 10.0. The molecule has 2 rings (SSSR count). The molecule has 0 aliphatic heterocycles. The van der Waals surface area contributed by atoms with Crippen molar-refractivity contribution in [2.45, 2.75) is 39.3 Å². The first-order valence-electron chi connectivity index (χ1n) is 7.54. The average Bonchev–Trinajstić information content (AvgIpc) is 2.46. The molecule has 0 saturated heterocycles. The molecule has 2 heteroatoms. The van der Waals surface area contributed by atoms with Crippen molar-refractivity contribution in [3.8, 4) is 0 Å². The number of nitrogens with one attached hydrogen (secondary N) is 1. The Labute approximate surface area is 122 Å². The topological polar surface area (TPSA) is 21.3 Å². The van der Waals surface area contributed by atoms with E-state index in [9.17, 15) is 0 Å². The van der Waals surface area contributed by atoms with E-state index in [1.165, 1.54) is 16.3 Å². The minimum Gasteiger partial charge on any atom is -0.377 e. The highest BCUT2D eigenvalue weighted by Gasteiger charge is 2.12. The average molecular weight is 271 g/mol. The van der Waals surface area contributed by atoms with E-state index < -0.39 is 0 Å². The summed E-state index contributed by atoms with van der Waals surface area (Å²) < 4.78 is 5.81. The number of hydrogen-bond acceptors (Lipinski definition) is 2. The number of fused-ring (bicyclic) bond motifs is 1. The van der Waals surface area contributed by atoms with E-state index in [0.29, 0.717) is 0 Å². The lowest BCUT2D eigenvalue weighted by Crippen LogP contribution is -2.27. The van der Waals surface area contributed by atoms with Crippen molar-refractivity contribution < 1.29 is 4.74 Å². The van der Waals surface area contributed by atoms with Crippen molar-refractivity contribution >= 4 is 10.8 Å². The van der Waals surface area contributed by atoms with Gasteiger partial charge in [0.1, 0.15) is 0 Å². The molecule has 108 valence electrons. The van der Waals surface area contributed by atoms with Crippen LogP contribution in [0.4, 0.5) is 0 Å². The van der Waals surface area contributed by atoms with Gasteiger partial charge in [0.2, 0.25) is 0 Å². The Morgan fingerprint density at radius 1 is 1.05 bits per heavy atom. The zero-order chi connectivity index (χ0) is 14.4. The minimum absolute atomic E-state index is 0.265. The van der Waals surface area contributed by atoms with Gasteiger partial charge in [0.15, 0.2) is 0 Å². The van der Waals surface area contributed by atoms with Crippen LogP contribution in [0.3, 0.4) is 0 Å². The third-order valence-corrected chi connectivity index (χ3v) is 3.41. The maximum Gasteiger partial charge on any atom is 0.0664 e. The number of rotatable bonds is 7. The Bertz CT molecular complexity index is 536. The van der Waals surface area contributed by atoms with E-state index in [1.54, 1.807) is 0 Å². The van der Waals surface area contributed by atoms with E-state index in [1.807, 2.05) is 0 Å². The van der Waals surface area contributed by atoms with Gasteiger partial charge < -0.3 is 10.1 Å². The summed E-state index contributed by atoms with van der Waals surface area (Å²) in [4.78, 5) is 0. The monoisotopic (exact) mass is 271 g/mol. The van der Waals surface area contributed by atoms with Gasteiger partial charge in [-0.2, -0.15) is 0 Å². The van der Waals surface area contributed by atoms with Crippen molar-refractivity contribution in [2.24, 2.45) is 0 Å². The quantitative estimate of drug-likeness (QED) is 0.810. The Hall–Kier alpha value is -1.38. The number of ether oxygens (including phenoxy) is 1. The molecular weight excluding hydrogens is 246 g/mol. The molecule has 0 radical (unpaired) electrons. The van der Waals surface area contributed by atoms with Crippen LogP contribution >= 0.6 is 0 Å². The summed E-state index contributed by atoms with van der Waals surface area (Å²) in [6, 6.07) is 15.4. The van der Waals surface area contributed by atoms with Crippen molar-refractivity contribution in [1.82, 2.24) is 5.32 Å². The van der Waals surface area contributed by atoms with Gasteiger partial charge >= 0.3 is 0 Å². The number of benzene rings is 2. The van der Waals surface area contributed by atoms with Crippen LogP contribution < -0.4 is 5.32 Å². The first-order valence-corrected chi connectivity index (χ1v) is 7.54. The normalized spacial score (nSPS) is 13.0. The molecule has 2 aromatic rings. The van der Waals surface area contributed by atoms with Gasteiger partial charge in [-0.25, -0.2) is 0 Å². The molecule has 0 saturated carbocycles. The van der Waals surface area contributed by atoms with E-state index >= 15 is 0 Å². The fourth-order valence-corrected chi connectivity index (χ4v) is 2.30. The fourth-order valence-electron chi connectivity index (χ4n) is 2.30. The van der Waals surface area contributed by atoms with Gasteiger partial charge in [-0.05, 0) is 49.2 Å². The summed E-state index contributed by atoms with van der Waals surface area (Å²) in [5.41, 5.74) is 1.30. The first-order chi connectivity index (χ1) is 9.70. The highest BCUT2D eigenvalue weighted by atomic mass is 16.5. The fraction of sp³-hybridized carbons (Fsp3) is 0.444. The van der Waals surface area contributed by atoms with Crippen LogP contribution in [0.1, 0.15) is 38.8 Å². The SMILES string of the molecule is CCCNC(COC(C)C)c1ccc2ccccc2c1. The van der Waals surface area contributed by atoms with Gasteiger partial charge in [0, 0.05) is 0 Å². The Morgan fingerprint density at radius 3 is 2.50 bits per heavy atom. The molecule has 0 fully saturated rings. The molecule has 0 heterocycles. The third-order valence-electron chi connectivity index (χ3n) is 3.41. The molecule has 1 N–H and O–H groups in total. The summed E-state index contributed by atoms with van der Waals surface area (Å²) in [6.07, 6.45) is 1.40. The Morgan fingerprint density at radius 2 is 1.80 bits per heavy atom. The second-order valence-electron chi connectivity index (χ2n) is 5.50. The van der Waals surface area contributed by atoms with Crippen LogP contribution in [0, 0.1) is 0 Å². The van der Waals surface area contributed by atoms with Gasteiger partial charge in [-0.3, -0.25) is 0 Å². The maximum absolute atomic E-state index is 5.81. The van der Waals surface area contributed by atoms with E-state index in [4.69, 9.17) is 4.74 Å². The lowest BCUT2D eigenvalue weighted by Gasteiger charge is -2.21. The molecule has 0 aliphatic carbocycles. The summed E-state index contributed by atoms with van der Waals surface area (Å²) in [6.45, 7) is 8.08. The predicted octanol–water partition coefficient (Wildman–Crippen LogP) is 4.31. The smallest absolute Gasteiger partial charge is 0.0664 e. The highest BCUT2D eigenvalue weighted by molar-refractivity contribution is 5.83. The molecule has 20 heavy (non-hydrogen) atoms. The standard InChI is InChI=1S/C18H25NO/c1-4-11-19-18(13-20-14(2)3)17-10-9-15-7-5-6-8-16(15)12-17/h5-10,12,14,18-19H,4,11,13H2,1-3H3. The molecule has 2 nitrogen and oxygen atoms in total. The van der Waals surface area contributed by atoms with Crippen LogP contribution in [0.5, 0.6) is 0 Å². The van der Waals surface area contributed by atoms with Crippen molar-refractivity contribution in [2.75, 3.05) is 13.2 Å². The van der Waals surface area contributed by atoms with E-state index in [2.05, 4.69) is 68.6 Å². The molecule has 1 unspecified atom stereocenters. The molecular formula is C18H25NO. The molecule has 0 amide bonds. The minimum atomic E-state index is 0.265. The number of hydrogen-bond donors (Lipinski definition) is 1.